The molecule has 1 rings (SSSR count). The molecule has 4 nitrogen and oxygen atoms in total. The Bertz CT molecular complexity index is 431. The molecule has 0 radical (unpaired) electrons. The van der Waals surface area contributed by atoms with E-state index in [1.165, 1.54) is 0 Å². The lowest BCUT2D eigenvalue weighted by molar-refractivity contribution is -0.126. The zero-order valence-corrected chi connectivity index (χ0v) is 9.47. The summed E-state index contributed by atoms with van der Waals surface area (Å²) in [6.45, 7) is 1.80. The Morgan fingerprint density at radius 1 is 1.53 bits per heavy atom. The molecule has 0 aliphatic carbocycles. The van der Waals surface area contributed by atoms with Crippen molar-refractivity contribution in [2.45, 2.75) is 13.0 Å². The van der Waals surface area contributed by atoms with Gasteiger partial charge >= 0.3 is 0 Å². The minimum Gasteiger partial charge on any atom is -0.481 e. The maximum atomic E-state index is 11.4. The number of terminal acetylenes is 1. The SMILES string of the molecule is C#CCNC(=O)C(C)Oc1ccc(C=O)cc1. The van der Waals surface area contributed by atoms with Crippen LogP contribution in [0.5, 0.6) is 5.75 Å². The second-order valence-corrected chi connectivity index (χ2v) is 3.37. The third kappa shape index (κ3) is 3.99. The van der Waals surface area contributed by atoms with Crippen LogP contribution in [0.4, 0.5) is 0 Å². The number of rotatable bonds is 5. The van der Waals surface area contributed by atoms with Crippen molar-refractivity contribution in [1.82, 2.24) is 5.32 Å². The molecule has 0 aromatic heterocycles. The number of amides is 1. The molecule has 1 atom stereocenters. The normalized spacial score (nSPS) is 11.1. The summed E-state index contributed by atoms with van der Waals surface area (Å²) in [5.41, 5.74) is 0.557. The highest BCUT2D eigenvalue weighted by Crippen LogP contribution is 2.12. The molecular weight excluding hydrogens is 218 g/mol. The summed E-state index contributed by atoms with van der Waals surface area (Å²) in [6.07, 6.45) is 5.13. The highest BCUT2D eigenvalue weighted by Gasteiger charge is 2.13. The van der Waals surface area contributed by atoms with Crippen molar-refractivity contribution in [3.05, 3.63) is 29.8 Å². The van der Waals surface area contributed by atoms with Crippen molar-refractivity contribution < 1.29 is 14.3 Å². The number of carbonyl (C=O) groups excluding carboxylic acids is 2. The van der Waals surface area contributed by atoms with Crippen molar-refractivity contribution >= 4 is 12.2 Å². The smallest absolute Gasteiger partial charge is 0.261 e. The van der Waals surface area contributed by atoms with E-state index >= 15 is 0 Å². The lowest BCUT2D eigenvalue weighted by atomic mass is 10.2. The zero-order chi connectivity index (χ0) is 12.7. The van der Waals surface area contributed by atoms with Crippen molar-refractivity contribution in [2.24, 2.45) is 0 Å². The molecule has 4 heteroatoms. The number of ether oxygens (including phenoxy) is 1. The Hall–Kier alpha value is -2.28. The molecule has 0 spiro atoms. The summed E-state index contributed by atoms with van der Waals surface area (Å²) in [5.74, 6) is 2.56. The Morgan fingerprint density at radius 3 is 2.71 bits per heavy atom. The van der Waals surface area contributed by atoms with E-state index in [1.54, 1.807) is 31.2 Å². The first-order valence-corrected chi connectivity index (χ1v) is 5.10. The fourth-order valence-corrected chi connectivity index (χ4v) is 1.16. The van der Waals surface area contributed by atoms with E-state index in [4.69, 9.17) is 11.2 Å². The van der Waals surface area contributed by atoms with Gasteiger partial charge in [0.2, 0.25) is 0 Å². The van der Waals surface area contributed by atoms with Crippen molar-refractivity contribution in [1.29, 1.82) is 0 Å². The van der Waals surface area contributed by atoms with E-state index in [-0.39, 0.29) is 12.5 Å². The third-order valence-corrected chi connectivity index (χ3v) is 2.06. The molecular formula is C13H13NO3. The molecule has 1 amide bonds. The van der Waals surface area contributed by atoms with Crippen LogP contribution < -0.4 is 10.1 Å². The van der Waals surface area contributed by atoms with Crippen molar-refractivity contribution in [2.75, 3.05) is 6.54 Å². The number of hydrogen-bond donors (Lipinski definition) is 1. The Balaban J connectivity index is 2.55. The van der Waals surface area contributed by atoms with Gasteiger partial charge in [-0.2, -0.15) is 0 Å². The van der Waals surface area contributed by atoms with E-state index in [0.717, 1.165) is 6.29 Å². The highest BCUT2D eigenvalue weighted by atomic mass is 16.5. The largest absolute Gasteiger partial charge is 0.481 e. The first-order valence-electron chi connectivity index (χ1n) is 5.10. The maximum Gasteiger partial charge on any atom is 0.261 e. The van der Waals surface area contributed by atoms with Crippen LogP contribution in [-0.4, -0.2) is 24.8 Å². The van der Waals surface area contributed by atoms with Gasteiger partial charge in [-0.1, -0.05) is 5.92 Å². The van der Waals surface area contributed by atoms with Gasteiger partial charge in [-0.05, 0) is 31.2 Å². The molecule has 17 heavy (non-hydrogen) atoms. The molecule has 1 aromatic carbocycles. The highest BCUT2D eigenvalue weighted by molar-refractivity contribution is 5.81. The monoisotopic (exact) mass is 231 g/mol. The number of benzene rings is 1. The van der Waals surface area contributed by atoms with E-state index in [2.05, 4.69) is 11.2 Å². The number of carbonyl (C=O) groups is 2. The van der Waals surface area contributed by atoms with Gasteiger partial charge in [0.05, 0.1) is 6.54 Å². The van der Waals surface area contributed by atoms with Gasteiger partial charge in [-0.25, -0.2) is 0 Å². The first-order chi connectivity index (χ1) is 8.17. The predicted octanol–water partition coefficient (Wildman–Crippen LogP) is 1.02. The summed E-state index contributed by atoms with van der Waals surface area (Å²) < 4.78 is 5.38. The molecule has 0 aliphatic rings. The van der Waals surface area contributed by atoms with Crippen LogP contribution in [-0.2, 0) is 4.79 Å². The number of hydrogen-bond acceptors (Lipinski definition) is 3. The Labute approximate surface area is 100.0 Å². The Morgan fingerprint density at radius 2 is 2.18 bits per heavy atom. The molecule has 0 aliphatic heterocycles. The van der Waals surface area contributed by atoms with Gasteiger partial charge in [0.1, 0.15) is 12.0 Å². The second-order valence-electron chi connectivity index (χ2n) is 3.37. The lowest BCUT2D eigenvalue weighted by Gasteiger charge is -2.13. The lowest BCUT2D eigenvalue weighted by Crippen LogP contribution is -2.36. The zero-order valence-electron chi connectivity index (χ0n) is 9.47. The van der Waals surface area contributed by atoms with E-state index in [1.807, 2.05) is 0 Å². The second kappa shape index (κ2) is 6.33. The van der Waals surface area contributed by atoms with Crippen LogP contribution in [0.2, 0.25) is 0 Å². The van der Waals surface area contributed by atoms with Crippen LogP contribution in [0.15, 0.2) is 24.3 Å². The standard InChI is InChI=1S/C13H13NO3/c1-3-8-14-13(16)10(2)17-12-6-4-11(9-15)5-7-12/h1,4-7,9-10H,8H2,2H3,(H,14,16). The fraction of sp³-hybridized carbons (Fsp3) is 0.231. The third-order valence-electron chi connectivity index (χ3n) is 2.06. The molecule has 88 valence electrons. The minimum atomic E-state index is -0.634. The summed E-state index contributed by atoms with van der Waals surface area (Å²) >= 11 is 0. The molecule has 1 unspecified atom stereocenters. The van der Waals surface area contributed by atoms with Gasteiger partial charge in [-0.15, -0.1) is 6.42 Å². The molecule has 0 bridgehead atoms. The maximum absolute atomic E-state index is 11.4. The van der Waals surface area contributed by atoms with E-state index in [0.29, 0.717) is 11.3 Å². The molecule has 0 saturated heterocycles. The fourth-order valence-electron chi connectivity index (χ4n) is 1.16. The predicted molar refractivity (Wildman–Crippen MR) is 63.8 cm³/mol. The topological polar surface area (TPSA) is 55.4 Å². The van der Waals surface area contributed by atoms with Gasteiger partial charge in [-0.3, -0.25) is 9.59 Å². The summed E-state index contributed by atoms with van der Waals surface area (Å²) in [5, 5.41) is 2.52. The van der Waals surface area contributed by atoms with Crippen molar-refractivity contribution in [3.63, 3.8) is 0 Å². The van der Waals surface area contributed by atoms with Crippen molar-refractivity contribution in [3.8, 4) is 18.1 Å². The summed E-state index contributed by atoms with van der Waals surface area (Å²) in [6, 6.07) is 6.51. The molecule has 0 fully saturated rings. The van der Waals surface area contributed by atoms with Gasteiger partial charge in [0, 0.05) is 5.56 Å². The van der Waals surface area contributed by atoms with E-state index < -0.39 is 6.10 Å². The van der Waals surface area contributed by atoms with Gasteiger partial charge in [0.15, 0.2) is 6.10 Å². The van der Waals surface area contributed by atoms with Crippen LogP contribution in [0.3, 0.4) is 0 Å². The Kier molecular flexibility index (Phi) is 4.77. The molecule has 0 saturated carbocycles. The van der Waals surface area contributed by atoms with Gasteiger partial charge in [0.25, 0.3) is 5.91 Å². The van der Waals surface area contributed by atoms with Gasteiger partial charge < -0.3 is 10.1 Å². The number of nitrogens with one attached hydrogen (secondary N) is 1. The van der Waals surface area contributed by atoms with Crippen LogP contribution >= 0.6 is 0 Å². The summed E-state index contributed by atoms with van der Waals surface area (Å²) in [4.78, 5) is 21.9. The molecule has 1 N–H and O–H groups in total. The average molecular weight is 231 g/mol. The molecule has 0 heterocycles. The summed E-state index contributed by atoms with van der Waals surface area (Å²) in [7, 11) is 0. The quantitative estimate of drug-likeness (QED) is 0.608. The van der Waals surface area contributed by atoms with Crippen LogP contribution in [0, 0.1) is 12.3 Å². The number of aldehydes is 1. The van der Waals surface area contributed by atoms with Crippen LogP contribution in [0.1, 0.15) is 17.3 Å². The van der Waals surface area contributed by atoms with Crippen LogP contribution in [0.25, 0.3) is 0 Å². The molecule has 1 aromatic rings. The first kappa shape index (κ1) is 12.8. The average Bonchev–Trinajstić information content (AvgIpc) is 2.36. The van der Waals surface area contributed by atoms with E-state index in [9.17, 15) is 9.59 Å². The minimum absolute atomic E-state index is 0.177.